The molecule has 2 fully saturated rings. The molecule has 2 atom stereocenters. The summed E-state index contributed by atoms with van der Waals surface area (Å²) >= 11 is 7.38. The number of nitrogens with zero attached hydrogens (tertiary/aromatic N) is 1. The fourth-order valence-electron chi connectivity index (χ4n) is 3.48. The fourth-order valence-corrected chi connectivity index (χ4v) is 4.94. The van der Waals surface area contributed by atoms with Crippen LogP contribution in [0.25, 0.3) is 0 Å². The molecule has 0 aliphatic carbocycles. The van der Waals surface area contributed by atoms with Gasteiger partial charge in [-0.3, -0.25) is 4.90 Å². The molecule has 19 heavy (non-hydrogen) atoms. The highest BCUT2D eigenvalue weighted by molar-refractivity contribution is 9.10. The second-order valence-corrected chi connectivity index (χ2v) is 7.74. The van der Waals surface area contributed by atoms with E-state index < -0.39 is 0 Å². The normalized spacial score (nSPS) is 30.6. The highest BCUT2D eigenvalue weighted by atomic mass is 79.9. The molecule has 0 aromatic heterocycles. The van der Waals surface area contributed by atoms with Gasteiger partial charge in [-0.25, -0.2) is 0 Å². The summed E-state index contributed by atoms with van der Waals surface area (Å²) in [4.78, 5) is 3.43. The molecule has 1 aromatic rings. The molecule has 2 aliphatic rings. The first-order valence-corrected chi connectivity index (χ1v) is 8.60. The predicted molar refractivity (Wildman–Crippen MR) is 85.0 cm³/mol. The van der Waals surface area contributed by atoms with Crippen molar-refractivity contribution in [2.24, 2.45) is 0 Å². The fraction of sp³-hybridized carbons (Fsp3) is 0.600. The van der Waals surface area contributed by atoms with Crippen LogP contribution in [0.3, 0.4) is 0 Å². The summed E-state index contributed by atoms with van der Waals surface area (Å²) in [5, 5.41) is 0. The first-order chi connectivity index (χ1) is 9.17. The van der Waals surface area contributed by atoms with Crippen LogP contribution in [0.15, 0.2) is 22.7 Å². The van der Waals surface area contributed by atoms with E-state index >= 15 is 0 Å². The number of ether oxygens (including phenoxy) is 1. The molecule has 0 saturated carbocycles. The van der Waals surface area contributed by atoms with Crippen molar-refractivity contribution in [3.8, 4) is 5.75 Å². The van der Waals surface area contributed by atoms with Gasteiger partial charge in [0.1, 0.15) is 5.75 Å². The van der Waals surface area contributed by atoms with Gasteiger partial charge in [0.2, 0.25) is 0 Å². The average molecular weight is 389 g/mol. The highest BCUT2D eigenvalue weighted by Crippen LogP contribution is 2.39. The third-order valence-corrected chi connectivity index (χ3v) is 5.78. The molecule has 104 valence electrons. The Hall–Kier alpha value is -0.0600. The van der Waals surface area contributed by atoms with Crippen molar-refractivity contribution in [2.45, 2.75) is 49.1 Å². The Balaban J connectivity index is 1.73. The van der Waals surface area contributed by atoms with Crippen molar-refractivity contribution in [1.82, 2.24) is 4.90 Å². The maximum Gasteiger partial charge on any atom is 0.133 e. The first kappa shape index (κ1) is 13.9. The minimum Gasteiger partial charge on any atom is -0.496 e. The minimum absolute atomic E-state index is 0.726. The molecule has 2 heterocycles. The van der Waals surface area contributed by atoms with E-state index in [1.54, 1.807) is 7.11 Å². The molecule has 3 rings (SSSR count). The third kappa shape index (κ3) is 2.86. The van der Waals surface area contributed by atoms with Crippen LogP contribution in [0.5, 0.6) is 5.75 Å². The van der Waals surface area contributed by atoms with Crippen LogP contribution in [0.1, 0.15) is 31.2 Å². The molecule has 0 N–H and O–H groups in total. The molecule has 2 unspecified atom stereocenters. The second-order valence-electron chi connectivity index (χ2n) is 5.59. The number of alkyl halides is 1. The van der Waals surface area contributed by atoms with Gasteiger partial charge in [-0.2, -0.15) is 0 Å². The number of benzene rings is 1. The Labute approximate surface area is 131 Å². The molecule has 2 saturated heterocycles. The van der Waals surface area contributed by atoms with Gasteiger partial charge in [0.15, 0.2) is 0 Å². The maximum atomic E-state index is 5.29. The SMILES string of the molecule is COc1ccc(CN2C3CCC2CC(Br)C3)cc1Br. The predicted octanol–water partition coefficient (Wildman–Crippen LogP) is 4.35. The number of methoxy groups -OCH3 is 1. The highest BCUT2D eigenvalue weighted by Gasteiger charge is 2.39. The van der Waals surface area contributed by atoms with Gasteiger partial charge in [-0.1, -0.05) is 22.0 Å². The van der Waals surface area contributed by atoms with Crippen LogP contribution >= 0.6 is 31.9 Å². The van der Waals surface area contributed by atoms with Crippen LogP contribution < -0.4 is 4.74 Å². The van der Waals surface area contributed by atoms with Gasteiger partial charge < -0.3 is 4.74 Å². The van der Waals surface area contributed by atoms with E-state index in [0.29, 0.717) is 0 Å². The summed E-state index contributed by atoms with van der Waals surface area (Å²) in [6, 6.07) is 7.97. The second kappa shape index (κ2) is 5.74. The van der Waals surface area contributed by atoms with Gasteiger partial charge in [-0.15, -0.1) is 0 Å². The molecule has 0 amide bonds. The zero-order valence-electron chi connectivity index (χ0n) is 11.1. The van der Waals surface area contributed by atoms with E-state index in [0.717, 1.165) is 33.7 Å². The van der Waals surface area contributed by atoms with Crippen LogP contribution in [0.4, 0.5) is 0 Å². The first-order valence-electron chi connectivity index (χ1n) is 6.89. The van der Waals surface area contributed by atoms with Gasteiger partial charge >= 0.3 is 0 Å². The van der Waals surface area contributed by atoms with E-state index in [9.17, 15) is 0 Å². The van der Waals surface area contributed by atoms with Crippen LogP contribution in [0.2, 0.25) is 0 Å². The summed E-state index contributed by atoms with van der Waals surface area (Å²) in [5.74, 6) is 0.908. The summed E-state index contributed by atoms with van der Waals surface area (Å²) in [6.07, 6.45) is 5.33. The number of piperidine rings is 1. The Morgan fingerprint density at radius 2 is 1.95 bits per heavy atom. The number of rotatable bonds is 3. The Kier molecular flexibility index (Phi) is 4.20. The standard InChI is InChI=1S/C15H19Br2NO/c1-19-15-5-2-10(6-14(15)17)9-18-12-3-4-13(18)8-11(16)7-12/h2,5-6,11-13H,3-4,7-9H2,1H3. The van der Waals surface area contributed by atoms with Gasteiger partial charge in [0.05, 0.1) is 11.6 Å². The smallest absolute Gasteiger partial charge is 0.133 e. The summed E-state index contributed by atoms with van der Waals surface area (Å²) in [7, 11) is 1.71. The van der Waals surface area contributed by atoms with Crippen molar-refractivity contribution in [3.05, 3.63) is 28.2 Å². The molecule has 0 spiro atoms. The van der Waals surface area contributed by atoms with Gasteiger partial charge in [0, 0.05) is 23.5 Å². The van der Waals surface area contributed by atoms with E-state index in [1.165, 1.54) is 31.2 Å². The lowest BCUT2D eigenvalue weighted by molar-refractivity contribution is 0.137. The van der Waals surface area contributed by atoms with Crippen molar-refractivity contribution in [1.29, 1.82) is 0 Å². The average Bonchev–Trinajstić information content (AvgIpc) is 2.62. The van der Waals surface area contributed by atoms with Crippen molar-refractivity contribution in [2.75, 3.05) is 7.11 Å². The van der Waals surface area contributed by atoms with E-state index in [-0.39, 0.29) is 0 Å². The lowest BCUT2D eigenvalue weighted by Crippen LogP contribution is -2.42. The Morgan fingerprint density at radius 1 is 1.26 bits per heavy atom. The van der Waals surface area contributed by atoms with Crippen LogP contribution in [-0.2, 0) is 6.54 Å². The molecule has 0 radical (unpaired) electrons. The molecular weight excluding hydrogens is 370 g/mol. The Bertz CT molecular complexity index is 451. The zero-order valence-corrected chi connectivity index (χ0v) is 14.3. The summed E-state index contributed by atoms with van der Waals surface area (Å²) in [5.41, 5.74) is 1.37. The van der Waals surface area contributed by atoms with Gasteiger partial charge in [0.25, 0.3) is 0 Å². The van der Waals surface area contributed by atoms with E-state index in [4.69, 9.17) is 4.74 Å². The van der Waals surface area contributed by atoms with Crippen molar-refractivity contribution < 1.29 is 4.74 Å². The number of halogens is 2. The summed E-state index contributed by atoms with van der Waals surface area (Å²) < 4.78 is 6.34. The van der Waals surface area contributed by atoms with Crippen LogP contribution in [-0.4, -0.2) is 28.9 Å². The largest absolute Gasteiger partial charge is 0.496 e. The van der Waals surface area contributed by atoms with Gasteiger partial charge in [-0.05, 0) is 59.3 Å². The van der Waals surface area contributed by atoms with Crippen molar-refractivity contribution >= 4 is 31.9 Å². The molecular formula is C15H19Br2NO. The minimum atomic E-state index is 0.726. The lowest BCUT2D eigenvalue weighted by Gasteiger charge is -2.37. The van der Waals surface area contributed by atoms with Crippen LogP contribution in [0, 0.1) is 0 Å². The number of hydrogen-bond acceptors (Lipinski definition) is 2. The van der Waals surface area contributed by atoms with E-state index in [2.05, 4.69) is 55.0 Å². The molecule has 4 heteroatoms. The molecule has 1 aromatic carbocycles. The maximum absolute atomic E-state index is 5.29. The quantitative estimate of drug-likeness (QED) is 0.713. The Morgan fingerprint density at radius 3 is 2.53 bits per heavy atom. The zero-order chi connectivity index (χ0) is 13.4. The van der Waals surface area contributed by atoms with Crippen molar-refractivity contribution in [3.63, 3.8) is 0 Å². The third-order valence-electron chi connectivity index (χ3n) is 4.41. The molecule has 2 nitrogen and oxygen atoms in total. The monoisotopic (exact) mass is 387 g/mol. The molecule has 2 aliphatic heterocycles. The molecule has 2 bridgehead atoms. The lowest BCUT2D eigenvalue weighted by atomic mass is 10.0. The number of fused-ring (bicyclic) bond motifs is 2. The summed E-state index contributed by atoms with van der Waals surface area (Å²) in [6.45, 7) is 1.07. The topological polar surface area (TPSA) is 12.5 Å². The van der Waals surface area contributed by atoms with E-state index in [1.807, 2.05) is 0 Å². The number of hydrogen-bond donors (Lipinski definition) is 0.